The van der Waals surface area contributed by atoms with E-state index in [1.165, 1.54) is 30.8 Å². The highest BCUT2D eigenvalue weighted by atomic mass is 32.2. The minimum Gasteiger partial charge on any atom is -0.452 e. The molecule has 2 rings (SSSR count). The maximum Gasteiger partial charge on any atom is 0.308 e. The van der Waals surface area contributed by atoms with Crippen molar-refractivity contribution in [1.29, 1.82) is 0 Å². The topological polar surface area (TPSA) is 136 Å². The van der Waals surface area contributed by atoms with Crippen LogP contribution in [0.5, 0.6) is 0 Å². The van der Waals surface area contributed by atoms with Gasteiger partial charge in [0.2, 0.25) is 10.0 Å². The van der Waals surface area contributed by atoms with Crippen molar-refractivity contribution in [2.75, 3.05) is 25.4 Å². The standard InChI is InChI=1S/C17H23N3O6S2/c1-12(26-15(21)7-9-20-10-11-27-17(20)23)16(22)19-8-6-13-2-4-14(5-3-13)28(18,24)25/h2-5,12H,6-11H2,1H3,(H,19,22)(H2,18,24,25). The molecule has 0 aromatic heterocycles. The zero-order valence-corrected chi connectivity index (χ0v) is 17.1. The summed E-state index contributed by atoms with van der Waals surface area (Å²) in [6.45, 7) is 2.68. The Kier molecular flexibility index (Phi) is 7.84. The predicted octanol–water partition coefficient (Wildman–Crippen LogP) is 0.483. The highest BCUT2D eigenvalue weighted by Crippen LogP contribution is 2.17. The molecule has 1 atom stereocenters. The lowest BCUT2D eigenvalue weighted by atomic mass is 10.1. The third-order valence-corrected chi connectivity index (χ3v) is 5.89. The molecule has 11 heteroatoms. The van der Waals surface area contributed by atoms with Crippen molar-refractivity contribution >= 4 is 38.9 Å². The summed E-state index contributed by atoms with van der Waals surface area (Å²) in [5.74, 6) is -0.245. The lowest BCUT2D eigenvalue weighted by Crippen LogP contribution is -2.37. The van der Waals surface area contributed by atoms with E-state index in [9.17, 15) is 22.8 Å². The number of benzene rings is 1. The van der Waals surface area contributed by atoms with Gasteiger partial charge in [0.25, 0.3) is 11.1 Å². The number of primary sulfonamides is 1. The molecule has 1 aromatic rings. The molecule has 28 heavy (non-hydrogen) atoms. The van der Waals surface area contributed by atoms with Gasteiger partial charge in [-0.2, -0.15) is 0 Å². The number of nitrogens with zero attached hydrogens (tertiary/aromatic N) is 1. The van der Waals surface area contributed by atoms with E-state index in [0.717, 1.165) is 11.3 Å². The summed E-state index contributed by atoms with van der Waals surface area (Å²) in [6, 6.07) is 6.04. The van der Waals surface area contributed by atoms with E-state index in [4.69, 9.17) is 9.88 Å². The molecule has 3 N–H and O–H groups in total. The first-order valence-corrected chi connectivity index (χ1v) is 11.2. The van der Waals surface area contributed by atoms with Gasteiger partial charge in [0.1, 0.15) is 0 Å². The molecule has 1 aromatic carbocycles. The van der Waals surface area contributed by atoms with E-state index in [0.29, 0.717) is 19.5 Å². The van der Waals surface area contributed by atoms with Gasteiger partial charge >= 0.3 is 5.97 Å². The Balaban J connectivity index is 1.69. The largest absolute Gasteiger partial charge is 0.452 e. The highest BCUT2D eigenvalue weighted by molar-refractivity contribution is 8.13. The Bertz CT molecular complexity index is 826. The summed E-state index contributed by atoms with van der Waals surface area (Å²) in [6.07, 6.45) is -0.423. The number of nitrogens with two attached hydrogens (primary N) is 1. The minimum absolute atomic E-state index is 0.0232. The molecule has 0 spiro atoms. The van der Waals surface area contributed by atoms with Gasteiger partial charge in [-0.3, -0.25) is 14.4 Å². The Labute approximate surface area is 168 Å². The number of hydrogen-bond acceptors (Lipinski definition) is 7. The number of nitrogens with one attached hydrogen (secondary N) is 1. The van der Waals surface area contributed by atoms with Crippen molar-refractivity contribution in [1.82, 2.24) is 10.2 Å². The van der Waals surface area contributed by atoms with E-state index in [-0.39, 0.29) is 23.1 Å². The number of thioether (sulfide) groups is 1. The first kappa shape index (κ1) is 22.2. The number of carbonyl (C=O) groups excluding carboxylic acids is 3. The number of sulfonamides is 1. The van der Waals surface area contributed by atoms with E-state index < -0.39 is 28.0 Å². The Morgan fingerprint density at radius 3 is 2.57 bits per heavy atom. The summed E-state index contributed by atoms with van der Waals surface area (Å²) >= 11 is 1.22. The van der Waals surface area contributed by atoms with Crippen LogP contribution in [-0.4, -0.2) is 61.9 Å². The molecule has 0 bridgehead atoms. The molecule has 9 nitrogen and oxygen atoms in total. The van der Waals surface area contributed by atoms with E-state index in [1.54, 1.807) is 17.0 Å². The fraction of sp³-hybridized carbons (Fsp3) is 0.471. The van der Waals surface area contributed by atoms with Crippen LogP contribution in [0.2, 0.25) is 0 Å². The molecule has 0 radical (unpaired) electrons. The second-order valence-electron chi connectivity index (χ2n) is 6.21. The number of ether oxygens (including phenoxy) is 1. The highest BCUT2D eigenvalue weighted by Gasteiger charge is 2.23. The Hall–Kier alpha value is -2.11. The molecule has 1 aliphatic rings. The van der Waals surface area contributed by atoms with Crippen molar-refractivity contribution in [3.8, 4) is 0 Å². The van der Waals surface area contributed by atoms with Crippen molar-refractivity contribution in [2.24, 2.45) is 5.14 Å². The summed E-state index contributed by atoms with van der Waals surface area (Å²) in [4.78, 5) is 36.9. The van der Waals surface area contributed by atoms with Crippen LogP contribution in [0.15, 0.2) is 29.2 Å². The fourth-order valence-electron chi connectivity index (χ4n) is 2.48. The van der Waals surface area contributed by atoms with Gasteiger partial charge in [0.05, 0.1) is 11.3 Å². The van der Waals surface area contributed by atoms with Crippen LogP contribution in [0.3, 0.4) is 0 Å². The van der Waals surface area contributed by atoms with Crippen molar-refractivity contribution in [3.05, 3.63) is 29.8 Å². The number of carbonyl (C=O) groups is 3. The van der Waals surface area contributed by atoms with Crippen LogP contribution in [-0.2, 0) is 30.8 Å². The van der Waals surface area contributed by atoms with Gasteiger partial charge < -0.3 is 15.0 Å². The minimum atomic E-state index is -3.73. The molecule has 0 saturated carbocycles. The molecule has 1 heterocycles. The molecule has 0 aliphatic carbocycles. The maximum atomic E-state index is 12.0. The molecule has 1 fully saturated rings. The quantitative estimate of drug-likeness (QED) is 0.545. The molecule has 1 saturated heterocycles. The van der Waals surface area contributed by atoms with Gasteiger partial charge in [-0.1, -0.05) is 23.9 Å². The summed E-state index contributed by atoms with van der Waals surface area (Å²) in [5.41, 5.74) is 0.825. The zero-order chi connectivity index (χ0) is 20.7. The fourth-order valence-corrected chi connectivity index (χ4v) is 3.85. The summed E-state index contributed by atoms with van der Waals surface area (Å²) in [7, 11) is -3.73. The van der Waals surface area contributed by atoms with Crippen LogP contribution in [0.1, 0.15) is 18.9 Å². The predicted molar refractivity (Wildman–Crippen MR) is 104 cm³/mol. The summed E-state index contributed by atoms with van der Waals surface area (Å²) in [5, 5.41) is 7.65. The van der Waals surface area contributed by atoms with Gasteiger partial charge in [-0.15, -0.1) is 0 Å². The van der Waals surface area contributed by atoms with E-state index >= 15 is 0 Å². The van der Waals surface area contributed by atoms with E-state index in [2.05, 4.69) is 5.32 Å². The zero-order valence-electron chi connectivity index (χ0n) is 15.4. The van der Waals surface area contributed by atoms with Crippen LogP contribution in [0.25, 0.3) is 0 Å². The lowest BCUT2D eigenvalue weighted by molar-refractivity contribution is -0.154. The molecule has 154 valence electrons. The average Bonchev–Trinajstić information content (AvgIpc) is 3.04. The first-order chi connectivity index (χ1) is 13.2. The number of esters is 1. The molecular formula is C17H23N3O6S2. The van der Waals surface area contributed by atoms with Crippen molar-refractivity contribution in [3.63, 3.8) is 0 Å². The van der Waals surface area contributed by atoms with Crippen molar-refractivity contribution in [2.45, 2.75) is 30.8 Å². The van der Waals surface area contributed by atoms with Crippen LogP contribution in [0.4, 0.5) is 4.79 Å². The molecule has 1 aliphatic heterocycles. The number of hydrogen-bond donors (Lipinski definition) is 2. The molecular weight excluding hydrogens is 406 g/mol. The lowest BCUT2D eigenvalue weighted by Gasteiger charge is -2.16. The average molecular weight is 430 g/mol. The van der Waals surface area contributed by atoms with Gasteiger partial charge in [-0.05, 0) is 31.0 Å². The Morgan fingerprint density at radius 1 is 1.32 bits per heavy atom. The van der Waals surface area contributed by atoms with Gasteiger partial charge in [0.15, 0.2) is 6.10 Å². The normalized spacial score (nSPS) is 15.4. The van der Waals surface area contributed by atoms with E-state index in [1.807, 2.05) is 0 Å². The number of rotatable bonds is 9. The third-order valence-electron chi connectivity index (χ3n) is 4.07. The third kappa shape index (κ3) is 6.80. The SMILES string of the molecule is CC(OC(=O)CCN1CCSC1=O)C(=O)NCCc1ccc(S(N)(=O)=O)cc1. The first-order valence-electron chi connectivity index (χ1n) is 8.67. The maximum absolute atomic E-state index is 12.0. The van der Waals surface area contributed by atoms with Gasteiger partial charge in [-0.25, -0.2) is 13.6 Å². The number of amides is 2. The van der Waals surface area contributed by atoms with Gasteiger partial charge in [0, 0.05) is 25.4 Å². The van der Waals surface area contributed by atoms with Crippen LogP contribution >= 0.6 is 11.8 Å². The Morgan fingerprint density at radius 2 is 2.00 bits per heavy atom. The van der Waals surface area contributed by atoms with Crippen LogP contribution < -0.4 is 10.5 Å². The molecule has 2 amide bonds. The smallest absolute Gasteiger partial charge is 0.308 e. The monoisotopic (exact) mass is 429 g/mol. The summed E-state index contributed by atoms with van der Waals surface area (Å²) < 4.78 is 27.5. The second-order valence-corrected chi connectivity index (χ2v) is 8.82. The van der Waals surface area contributed by atoms with Crippen molar-refractivity contribution < 1.29 is 27.5 Å². The molecule has 1 unspecified atom stereocenters. The second kappa shape index (κ2) is 9.89. The van der Waals surface area contributed by atoms with Crippen LogP contribution in [0, 0.1) is 0 Å².